The Hall–Kier alpha value is -0.640. The summed E-state index contributed by atoms with van der Waals surface area (Å²) in [7, 11) is 0.165. The van der Waals surface area contributed by atoms with E-state index in [4.69, 9.17) is 5.26 Å². The van der Waals surface area contributed by atoms with Crippen molar-refractivity contribution in [1.29, 1.82) is 5.26 Å². The average molecular weight is 259 g/mol. The van der Waals surface area contributed by atoms with Gasteiger partial charge in [0.1, 0.15) is 0 Å². The van der Waals surface area contributed by atoms with E-state index in [2.05, 4.69) is 4.90 Å². The number of hydrogen-bond acceptors (Lipinski definition) is 4. The molecule has 0 spiro atoms. The minimum atomic E-state index is -3.45. The predicted octanol–water partition coefficient (Wildman–Crippen LogP) is 0.502. The molecular formula is C11H21N3O2S. The number of sulfonamides is 1. The smallest absolute Gasteiger partial charge is 0.230 e. The largest absolute Gasteiger partial charge is 0.306 e. The maximum absolute atomic E-state index is 12.1. The Bertz CT molecular complexity index is 388. The molecule has 1 rings (SSSR count). The first-order valence-electron chi connectivity index (χ1n) is 5.95. The van der Waals surface area contributed by atoms with Crippen LogP contribution in [0.25, 0.3) is 0 Å². The van der Waals surface area contributed by atoms with Gasteiger partial charge in [0.05, 0.1) is 6.07 Å². The van der Waals surface area contributed by atoms with Gasteiger partial charge >= 0.3 is 0 Å². The number of hydrogen-bond donors (Lipinski definition) is 0. The molecule has 1 aliphatic heterocycles. The molecule has 0 aromatic heterocycles. The molecule has 2 unspecified atom stereocenters. The second-order valence-corrected chi connectivity index (χ2v) is 6.99. The van der Waals surface area contributed by atoms with E-state index in [0.29, 0.717) is 18.9 Å². The normalized spacial score (nSPS) is 23.8. The van der Waals surface area contributed by atoms with Gasteiger partial charge in [-0.15, -0.1) is 0 Å². The van der Waals surface area contributed by atoms with Crippen molar-refractivity contribution in [2.45, 2.75) is 25.0 Å². The molecule has 1 fully saturated rings. The van der Waals surface area contributed by atoms with Crippen LogP contribution in [0.2, 0.25) is 0 Å². The molecule has 98 valence electrons. The Morgan fingerprint density at radius 1 is 1.59 bits per heavy atom. The highest BCUT2D eigenvalue weighted by atomic mass is 32.2. The molecular weight excluding hydrogens is 238 g/mol. The van der Waals surface area contributed by atoms with Crippen molar-refractivity contribution in [2.75, 3.05) is 33.7 Å². The van der Waals surface area contributed by atoms with Crippen molar-refractivity contribution in [3.63, 3.8) is 0 Å². The molecule has 6 heteroatoms. The fourth-order valence-electron chi connectivity index (χ4n) is 2.23. The molecule has 1 aliphatic rings. The second-order valence-electron chi connectivity index (χ2n) is 4.77. The molecule has 2 atom stereocenters. The lowest BCUT2D eigenvalue weighted by molar-refractivity contribution is 0.355. The van der Waals surface area contributed by atoms with Crippen LogP contribution in [0.5, 0.6) is 0 Å². The standard InChI is InChI=1S/C11H21N3O2S/c1-4-11(7-12)17(15,16)14(3)9-10-5-6-13(2)8-10/h10-11H,4-6,8-9H2,1-3H3. The van der Waals surface area contributed by atoms with Gasteiger partial charge in [0, 0.05) is 20.1 Å². The van der Waals surface area contributed by atoms with Crippen molar-refractivity contribution in [3.05, 3.63) is 0 Å². The van der Waals surface area contributed by atoms with Gasteiger partial charge in [0.15, 0.2) is 5.25 Å². The average Bonchev–Trinajstić information content (AvgIpc) is 2.65. The lowest BCUT2D eigenvalue weighted by Crippen LogP contribution is -2.38. The monoisotopic (exact) mass is 259 g/mol. The van der Waals surface area contributed by atoms with Crippen molar-refractivity contribution in [2.24, 2.45) is 5.92 Å². The van der Waals surface area contributed by atoms with Crippen molar-refractivity contribution in [1.82, 2.24) is 9.21 Å². The summed E-state index contributed by atoms with van der Waals surface area (Å²) in [6.45, 7) is 4.20. The Morgan fingerprint density at radius 3 is 2.65 bits per heavy atom. The van der Waals surface area contributed by atoms with Gasteiger partial charge < -0.3 is 4.90 Å². The predicted molar refractivity (Wildman–Crippen MR) is 66.8 cm³/mol. The summed E-state index contributed by atoms with van der Waals surface area (Å²) in [6.07, 6.45) is 1.37. The first kappa shape index (κ1) is 14.4. The Kier molecular flexibility index (Phi) is 4.92. The van der Waals surface area contributed by atoms with E-state index in [1.807, 2.05) is 13.1 Å². The van der Waals surface area contributed by atoms with E-state index in [1.165, 1.54) is 4.31 Å². The lowest BCUT2D eigenvalue weighted by Gasteiger charge is -2.22. The Balaban J connectivity index is 2.63. The Morgan fingerprint density at radius 2 is 2.24 bits per heavy atom. The van der Waals surface area contributed by atoms with Crippen LogP contribution in [0.1, 0.15) is 19.8 Å². The molecule has 0 saturated carbocycles. The van der Waals surface area contributed by atoms with E-state index < -0.39 is 15.3 Å². The van der Waals surface area contributed by atoms with Gasteiger partial charge in [-0.05, 0) is 32.4 Å². The molecule has 0 radical (unpaired) electrons. The molecule has 0 aromatic carbocycles. The summed E-state index contributed by atoms with van der Waals surface area (Å²) in [5.74, 6) is 0.385. The van der Waals surface area contributed by atoms with Crippen molar-refractivity contribution < 1.29 is 8.42 Å². The number of rotatable bonds is 5. The zero-order valence-electron chi connectivity index (χ0n) is 10.8. The fourth-order valence-corrected chi connectivity index (χ4v) is 3.64. The van der Waals surface area contributed by atoms with E-state index >= 15 is 0 Å². The number of likely N-dealkylation sites (tertiary alicyclic amines) is 1. The SMILES string of the molecule is CCC(C#N)S(=O)(=O)N(C)CC1CCN(C)C1. The minimum Gasteiger partial charge on any atom is -0.306 e. The zero-order chi connectivity index (χ0) is 13.1. The first-order valence-corrected chi connectivity index (χ1v) is 7.45. The van der Waals surface area contributed by atoms with Gasteiger partial charge in [0.25, 0.3) is 0 Å². The van der Waals surface area contributed by atoms with Crippen molar-refractivity contribution >= 4 is 10.0 Å². The summed E-state index contributed by atoms with van der Waals surface area (Å²) in [6, 6.07) is 1.87. The van der Waals surface area contributed by atoms with Crippen LogP contribution in [-0.2, 0) is 10.0 Å². The third kappa shape index (κ3) is 3.41. The van der Waals surface area contributed by atoms with Gasteiger partial charge in [-0.2, -0.15) is 5.26 Å². The molecule has 0 aromatic rings. The molecule has 0 amide bonds. The van der Waals surface area contributed by atoms with Crippen LogP contribution < -0.4 is 0 Å². The number of nitriles is 1. The van der Waals surface area contributed by atoms with Gasteiger partial charge in [0.2, 0.25) is 10.0 Å². The van der Waals surface area contributed by atoms with E-state index in [1.54, 1.807) is 14.0 Å². The van der Waals surface area contributed by atoms with Gasteiger partial charge in [-0.25, -0.2) is 12.7 Å². The van der Waals surface area contributed by atoms with Crippen LogP contribution in [0.15, 0.2) is 0 Å². The number of nitrogens with zero attached hydrogens (tertiary/aromatic N) is 3. The molecule has 1 saturated heterocycles. The third-order valence-corrected chi connectivity index (χ3v) is 5.49. The third-order valence-electron chi connectivity index (χ3n) is 3.31. The van der Waals surface area contributed by atoms with Gasteiger partial charge in [-0.1, -0.05) is 6.92 Å². The quantitative estimate of drug-likeness (QED) is 0.721. The van der Waals surface area contributed by atoms with Crippen molar-refractivity contribution in [3.8, 4) is 6.07 Å². The van der Waals surface area contributed by atoms with Crippen LogP contribution in [0.4, 0.5) is 0 Å². The highest BCUT2D eigenvalue weighted by Crippen LogP contribution is 2.18. The molecule has 0 aliphatic carbocycles. The molecule has 0 N–H and O–H groups in total. The van der Waals surface area contributed by atoms with E-state index in [-0.39, 0.29) is 0 Å². The summed E-state index contributed by atoms with van der Waals surface area (Å²) < 4.78 is 25.5. The van der Waals surface area contributed by atoms with Crippen LogP contribution >= 0.6 is 0 Å². The molecule has 17 heavy (non-hydrogen) atoms. The van der Waals surface area contributed by atoms with E-state index in [0.717, 1.165) is 19.5 Å². The highest BCUT2D eigenvalue weighted by molar-refractivity contribution is 7.89. The Labute approximate surface area is 104 Å². The second kappa shape index (κ2) is 5.80. The van der Waals surface area contributed by atoms with Gasteiger partial charge in [-0.3, -0.25) is 0 Å². The summed E-state index contributed by atoms with van der Waals surface area (Å²) in [5, 5.41) is 7.94. The topological polar surface area (TPSA) is 64.4 Å². The molecule has 1 heterocycles. The maximum atomic E-state index is 12.1. The zero-order valence-corrected chi connectivity index (χ0v) is 11.6. The first-order chi connectivity index (χ1) is 7.91. The van der Waals surface area contributed by atoms with Crippen LogP contribution in [-0.4, -0.2) is 56.6 Å². The summed E-state index contributed by atoms with van der Waals surface area (Å²) in [5.41, 5.74) is 0. The van der Waals surface area contributed by atoms with Crippen LogP contribution in [0.3, 0.4) is 0 Å². The lowest BCUT2D eigenvalue weighted by atomic mass is 10.1. The molecule has 0 bridgehead atoms. The minimum absolute atomic E-state index is 0.341. The van der Waals surface area contributed by atoms with Crippen LogP contribution in [0, 0.1) is 17.2 Å². The maximum Gasteiger partial charge on any atom is 0.230 e. The summed E-state index contributed by atoms with van der Waals surface area (Å²) >= 11 is 0. The summed E-state index contributed by atoms with van der Waals surface area (Å²) in [4.78, 5) is 2.20. The fraction of sp³-hybridized carbons (Fsp3) is 0.909. The molecule has 5 nitrogen and oxygen atoms in total. The van der Waals surface area contributed by atoms with E-state index in [9.17, 15) is 8.42 Å². The highest BCUT2D eigenvalue weighted by Gasteiger charge is 2.31.